The molecule has 0 fully saturated rings. The van der Waals surface area contributed by atoms with Crippen LogP contribution in [0, 0.1) is 0 Å². The highest BCUT2D eigenvalue weighted by Crippen LogP contribution is 2.31. The van der Waals surface area contributed by atoms with E-state index < -0.39 is 0 Å². The molecule has 0 unspecified atom stereocenters. The maximum absolute atomic E-state index is 6.18. The molecule has 0 saturated carbocycles. The van der Waals surface area contributed by atoms with Crippen LogP contribution in [0.4, 0.5) is 0 Å². The van der Waals surface area contributed by atoms with E-state index in [0.29, 0.717) is 33.1 Å². The van der Waals surface area contributed by atoms with E-state index in [1.54, 1.807) is 18.3 Å². The van der Waals surface area contributed by atoms with Crippen LogP contribution in [-0.2, 0) is 6.54 Å². The molecular formula is C18H13Cl3N2O. The third kappa shape index (κ3) is 4.32. The highest BCUT2D eigenvalue weighted by atomic mass is 35.5. The van der Waals surface area contributed by atoms with Crippen LogP contribution in [0.25, 0.3) is 11.3 Å². The second-order valence-corrected chi connectivity index (χ2v) is 6.33. The van der Waals surface area contributed by atoms with E-state index in [4.69, 9.17) is 39.2 Å². The Morgan fingerprint density at radius 1 is 0.917 bits per heavy atom. The largest absolute Gasteiger partial charge is 0.455 e. The molecule has 122 valence electrons. The zero-order valence-corrected chi connectivity index (χ0v) is 14.7. The van der Waals surface area contributed by atoms with Gasteiger partial charge in [0, 0.05) is 15.6 Å². The second kappa shape index (κ2) is 7.75. The third-order valence-electron chi connectivity index (χ3n) is 3.30. The van der Waals surface area contributed by atoms with Crippen LogP contribution < -0.4 is 5.43 Å². The molecule has 0 aliphatic carbocycles. The molecule has 1 heterocycles. The molecule has 0 atom stereocenters. The standard InChI is InChI=1S/C18H13Cl3N2O/c19-13-3-1-12(2-4-13)10-22-23-11-15-6-8-18(24-15)16-7-5-14(20)9-17(16)21/h1-9,11,22H,10H2/b23-11-. The van der Waals surface area contributed by atoms with E-state index in [1.807, 2.05) is 42.5 Å². The van der Waals surface area contributed by atoms with Crippen molar-refractivity contribution in [3.05, 3.63) is 81.0 Å². The molecule has 6 heteroatoms. The molecule has 1 N–H and O–H groups in total. The Hall–Kier alpha value is -1.94. The number of nitrogens with one attached hydrogen (secondary N) is 1. The number of halogens is 3. The number of benzene rings is 2. The molecule has 24 heavy (non-hydrogen) atoms. The van der Waals surface area contributed by atoms with Gasteiger partial charge >= 0.3 is 0 Å². The molecular weight excluding hydrogens is 367 g/mol. The summed E-state index contributed by atoms with van der Waals surface area (Å²) in [6, 6.07) is 16.5. The second-order valence-electron chi connectivity index (χ2n) is 5.05. The number of hydrogen-bond acceptors (Lipinski definition) is 3. The first-order valence-corrected chi connectivity index (χ1v) is 8.31. The lowest BCUT2D eigenvalue weighted by Gasteiger charge is -2.01. The molecule has 0 radical (unpaired) electrons. The lowest BCUT2D eigenvalue weighted by molar-refractivity contribution is 0.573. The average molecular weight is 380 g/mol. The van der Waals surface area contributed by atoms with Gasteiger partial charge in [-0.05, 0) is 48.0 Å². The van der Waals surface area contributed by atoms with E-state index in [2.05, 4.69) is 10.5 Å². The summed E-state index contributed by atoms with van der Waals surface area (Å²) in [6.45, 7) is 0.601. The normalized spacial score (nSPS) is 11.1. The Labute approximate surface area is 154 Å². The van der Waals surface area contributed by atoms with Crippen molar-refractivity contribution in [3.8, 4) is 11.3 Å². The Morgan fingerprint density at radius 3 is 2.42 bits per heavy atom. The van der Waals surface area contributed by atoms with Crippen LogP contribution >= 0.6 is 34.8 Å². The van der Waals surface area contributed by atoms with Crippen molar-refractivity contribution >= 4 is 41.0 Å². The molecule has 1 aromatic heterocycles. The molecule has 0 spiro atoms. The maximum Gasteiger partial charge on any atom is 0.147 e. The summed E-state index contributed by atoms with van der Waals surface area (Å²) >= 11 is 17.9. The van der Waals surface area contributed by atoms with E-state index in [1.165, 1.54) is 0 Å². The van der Waals surface area contributed by atoms with Crippen molar-refractivity contribution in [1.29, 1.82) is 0 Å². The summed E-state index contributed by atoms with van der Waals surface area (Å²) < 4.78 is 5.72. The van der Waals surface area contributed by atoms with Crippen LogP contribution in [0.5, 0.6) is 0 Å². The quantitative estimate of drug-likeness (QED) is 0.434. The van der Waals surface area contributed by atoms with Crippen molar-refractivity contribution in [2.24, 2.45) is 5.10 Å². The van der Waals surface area contributed by atoms with Gasteiger partial charge in [-0.25, -0.2) is 0 Å². The fraction of sp³-hybridized carbons (Fsp3) is 0.0556. The molecule has 3 aromatic rings. The van der Waals surface area contributed by atoms with Gasteiger partial charge in [0.05, 0.1) is 17.8 Å². The minimum atomic E-state index is 0.543. The zero-order chi connectivity index (χ0) is 16.9. The van der Waals surface area contributed by atoms with Gasteiger partial charge in [0.1, 0.15) is 11.5 Å². The smallest absolute Gasteiger partial charge is 0.147 e. The summed E-state index contributed by atoms with van der Waals surface area (Å²) in [5.41, 5.74) is 4.83. The van der Waals surface area contributed by atoms with Gasteiger partial charge < -0.3 is 9.84 Å². The number of nitrogens with zero attached hydrogens (tertiary/aromatic N) is 1. The van der Waals surface area contributed by atoms with Crippen LogP contribution in [0.1, 0.15) is 11.3 Å². The third-order valence-corrected chi connectivity index (χ3v) is 4.10. The van der Waals surface area contributed by atoms with Gasteiger partial charge in [-0.2, -0.15) is 5.10 Å². The molecule has 2 aromatic carbocycles. The number of furan rings is 1. The first kappa shape index (κ1) is 16.9. The monoisotopic (exact) mass is 378 g/mol. The summed E-state index contributed by atoms with van der Waals surface area (Å²) in [6.07, 6.45) is 1.61. The van der Waals surface area contributed by atoms with Crippen molar-refractivity contribution in [3.63, 3.8) is 0 Å². The number of rotatable bonds is 5. The Bertz CT molecular complexity index is 857. The van der Waals surface area contributed by atoms with Crippen LogP contribution in [-0.4, -0.2) is 6.21 Å². The van der Waals surface area contributed by atoms with Crippen molar-refractivity contribution in [2.75, 3.05) is 0 Å². The van der Waals surface area contributed by atoms with E-state index >= 15 is 0 Å². The van der Waals surface area contributed by atoms with Gasteiger partial charge in [-0.15, -0.1) is 0 Å². The minimum Gasteiger partial charge on any atom is -0.455 e. The minimum absolute atomic E-state index is 0.543. The van der Waals surface area contributed by atoms with E-state index in [-0.39, 0.29) is 0 Å². The zero-order valence-electron chi connectivity index (χ0n) is 12.5. The molecule has 0 amide bonds. The molecule has 0 bridgehead atoms. The summed E-state index contributed by atoms with van der Waals surface area (Å²) in [4.78, 5) is 0. The van der Waals surface area contributed by atoms with Crippen molar-refractivity contribution in [1.82, 2.24) is 5.43 Å². The van der Waals surface area contributed by atoms with Gasteiger partial charge in [-0.3, -0.25) is 0 Å². The van der Waals surface area contributed by atoms with E-state index in [9.17, 15) is 0 Å². The molecule has 0 aliphatic rings. The predicted molar refractivity (Wildman–Crippen MR) is 100 cm³/mol. The van der Waals surface area contributed by atoms with Gasteiger partial charge in [0.15, 0.2) is 0 Å². The van der Waals surface area contributed by atoms with Gasteiger partial charge in [0.25, 0.3) is 0 Å². The summed E-state index contributed by atoms with van der Waals surface area (Å²) in [5, 5.41) is 5.99. The fourth-order valence-corrected chi connectivity index (χ4v) is 2.73. The number of hydrogen-bond donors (Lipinski definition) is 1. The summed E-state index contributed by atoms with van der Waals surface area (Å²) in [7, 11) is 0. The van der Waals surface area contributed by atoms with Gasteiger partial charge in [0.2, 0.25) is 0 Å². The van der Waals surface area contributed by atoms with Crippen molar-refractivity contribution < 1.29 is 4.42 Å². The first-order chi connectivity index (χ1) is 11.6. The topological polar surface area (TPSA) is 37.5 Å². The lowest BCUT2D eigenvalue weighted by Crippen LogP contribution is -2.05. The average Bonchev–Trinajstić information content (AvgIpc) is 3.02. The Morgan fingerprint density at radius 2 is 1.67 bits per heavy atom. The SMILES string of the molecule is Clc1ccc(CN/N=C\c2ccc(-c3ccc(Cl)cc3Cl)o2)cc1. The molecule has 3 rings (SSSR count). The summed E-state index contributed by atoms with van der Waals surface area (Å²) in [5.74, 6) is 1.29. The molecule has 0 aliphatic heterocycles. The Kier molecular flexibility index (Phi) is 5.46. The fourth-order valence-electron chi connectivity index (χ4n) is 2.10. The van der Waals surface area contributed by atoms with Crippen LogP contribution in [0.15, 0.2) is 64.1 Å². The molecule has 3 nitrogen and oxygen atoms in total. The van der Waals surface area contributed by atoms with Gasteiger partial charge in [-0.1, -0.05) is 46.9 Å². The van der Waals surface area contributed by atoms with Crippen LogP contribution in [0.3, 0.4) is 0 Å². The number of hydrazone groups is 1. The maximum atomic E-state index is 6.18. The molecule has 0 saturated heterocycles. The van der Waals surface area contributed by atoms with Crippen LogP contribution in [0.2, 0.25) is 15.1 Å². The predicted octanol–water partition coefficient (Wildman–Crippen LogP) is 6.03. The van der Waals surface area contributed by atoms with E-state index in [0.717, 1.165) is 11.1 Å². The highest BCUT2D eigenvalue weighted by molar-refractivity contribution is 6.36. The lowest BCUT2D eigenvalue weighted by atomic mass is 10.2. The van der Waals surface area contributed by atoms with Crippen molar-refractivity contribution in [2.45, 2.75) is 6.54 Å². The Balaban J connectivity index is 1.62. The highest BCUT2D eigenvalue weighted by Gasteiger charge is 2.08. The first-order valence-electron chi connectivity index (χ1n) is 7.17.